The first-order valence-corrected chi connectivity index (χ1v) is 3.92. The van der Waals surface area contributed by atoms with Gasteiger partial charge < -0.3 is 9.64 Å². The Kier molecular flexibility index (Phi) is 2.90. The second-order valence-corrected chi connectivity index (χ2v) is 2.61. The molecule has 0 radical (unpaired) electrons. The van der Waals surface area contributed by atoms with Crippen LogP contribution < -0.4 is 0 Å². The van der Waals surface area contributed by atoms with Gasteiger partial charge in [0.1, 0.15) is 0 Å². The Hall–Kier alpha value is -0.550. The number of rotatable bonds is 3. The van der Waals surface area contributed by atoms with E-state index in [1.807, 2.05) is 18.9 Å². The number of nitrogens with zero attached hydrogens (tertiary/aromatic N) is 3. The smallest absolute Gasteiger partial charge is 0.217 e. The third-order valence-electron chi connectivity index (χ3n) is 1.50. The van der Waals surface area contributed by atoms with E-state index in [9.17, 15) is 0 Å². The van der Waals surface area contributed by atoms with Crippen LogP contribution in [0.15, 0.2) is 10.2 Å². The van der Waals surface area contributed by atoms with E-state index in [0.717, 1.165) is 0 Å². The zero-order valence-electron chi connectivity index (χ0n) is 6.65. The van der Waals surface area contributed by atoms with Crippen molar-refractivity contribution in [1.82, 2.24) is 4.90 Å². The molecule has 0 saturated carbocycles. The average Bonchev–Trinajstić information content (AvgIpc) is 2.31. The molecule has 11 heavy (non-hydrogen) atoms. The highest BCUT2D eigenvalue weighted by atomic mass is 32.1. The number of ether oxygens (including phenoxy) is 1. The van der Waals surface area contributed by atoms with Gasteiger partial charge in [0.05, 0.1) is 6.61 Å². The molecule has 1 aliphatic heterocycles. The van der Waals surface area contributed by atoms with Crippen molar-refractivity contribution in [2.45, 2.75) is 13.1 Å². The summed E-state index contributed by atoms with van der Waals surface area (Å²) in [7, 11) is 1.87. The number of hydrogen-bond donors (Lipinski definition) is 0. The van der Waals surface area contributed by atoms with E-state index in [1.165, 1.54) is 0 Å². The molecule has 1 heterocycles. The molecule has 0 amide bonds. The van der Waals surface area contributed by atoms with Crippen molar-refractivity contribution in [3.63, 3.8) is 0 Å². The molecule has 0 N–H and O–H groups in total. The first-order chi connectivity index (χ1) is 5.25. The van der Waals surface area contributed by atoms with Gasteiger partial charge in [-0.15, -0.1) is 5.11 Å². The van der Waals surface area contributed by atoms with Crippen molar-refractivity contribution in [1.29, 1.82) is 0 Å². The Labute approximate surface area is 71.2 Å². The fourth-order valence-corrected chi connectivity index (χ4v) is 0.929. The minimum atomic E-state index is -0.0116. The van der Waals surface area contributed by atoms with Gasteiger partial charge in [-0.1, -0.05) is 0 Å². The number of azo groups is 1. The van der Waals surface area contributed by atoms with Crippen LogP contribution in [0.2, 0.25) is 0 Å². The molecule has 1 atom stereocenters. The Balaban J connectivity index is 2.36. The molecule has 62 valence electrons. The molecule has 0 aliphatic carbocycles. The predicted octanol–water partition coefficient (Wildman–Crippen LogP) is 1.03. The second kappa shape index (κ2) is 3.73. The highest BCUT2D eigenvalue weighted by molar-refractivity contribution is 7.80. The molecule has 1 unspecified atom stereocenters. The SMILES string of the molecule is CCOCC1N=NC(=S)N1C. The molecule has 0 aromatic carbocycles. The molecule has 0 aromatic heterocycles. The first-order valence-electron chi connectivity index (χ1n) is 3.51. The molecule has 0 saturated heterocycles. The molecule has 0 fully saturated rings. The van der Waals surface area contributed by atoms with Gasteiger partial charge in [-0.25, -0.2) is 0 Å². The first kappa shape index (κ1) is 8.55. The fourth-order valence-electron chi connectivity index (χ4n) is 0.760. The van der Waals surface area contributed by atoms with E-state index >= 15 is 0 Å². The number of thiocarbonyl (C=S) groups is 1. The van der Waals surface area contributed by atoms with Crippen molar-refractivity contribution in [2.24, 2.45) is 10.2 Å². The fraction of sp³-hybridized carbons (Fsp3) is 0.833. The number of hydrogen-bond acceptors (Lipinski definition) is 3. The van der Waals surface area contributed by atoms with Crippen molar-refractivity contribution in [2.75, 3.05) is 20.3 Å². The molecular weight excluding hydrogens is 162 g/mol. The van der Waals surface area contributed by atoms with Gasteiger partial charge in [0, 0.05) is 13.7 Å². The van der Waals surface area contributed by atoms with Gasteiger partial charge in [0.2, 0.25) is 5.11 Å². The lowest BCUT2D eigenvalue weighted by atomic mass is 10.5. The second-order valence-electron chi connectivity index (χ2n) is 2.25. The third kappa shape index (κ3) is 1.94. The van der Waals surface area contributed by atoms with Crippen LogP contribution in [-0.2, 0) is 4.74 Å². The average molecular weight is 173 g/mol. The van der Waals surface area contributed by atoms with Gasteiger partial charge >= 0.3 is 0 Å². The summed E-state index contributed by atoms with van der Waals surface area (Å²) in [6.45, 7) is 3.22. The van der Waals surface area contributed by atoms with Gasteiger partial charge in [-0.3, -0.25) is 0 Å². The van der Waals surface area contributed by atoms with E-state index in [0.29, 0.717) is 18.3 Å². The van der Waals surface area contributed by atoms with Crippen LogP contribution in [0.5, 0.6) is 0 Å². The molecule has 0 spiro atoms. The van der Waals surface area contributed by atoms with Crippen molar-refractivity contribution in [3.05, 3.63) is 0 Å². The zero-order chi connectivity index (χ0) is 8.27. The van der Waals surface area contributed by atoms with Crippen LogP contribution in [0.1, 0.15) is 6.92 Å². The maximum atomic E-state index is 5.18. The van der Waals surface area contributed by atoms with Crippen molar-refractivity contribution < 1.29 is 4.74 Å². The van der Waals surface area contributed by atoms with Crippen molar-refractivity contribution in [3.8, 4) is 0 Å². The summed E-state index contributed by atoms with van der Waals surface area (Å²) < 4.78 is 5.18. The normalized spacial score (nSPS) is 23.3. The van der Waals surface area contributed by atoms with Gasteiger partial charge in [-0.2, -0.15) is 5.11 Å². The molecule has 1 aliphatic rings. The maximum Gasteiger partial charge on any atom is 0.217 e. The van der Waals surface area contributed by atoms with Crippen LogP contribution in [0.25, 0.3) is 0 Å². The van der Waals surface area contributed by atoms with Crippen LogP contribution in [0.3, 0.4) is 0 Å². The molecule has 0 aromatic rings. The van der Waals surface area contributed by atoms with Crippen LogP contribution in [0.4, 0.5) is 0 Å². The quantitative estimate of drug-likeness (QED) is 0.598. The van der Waals surface area contributed by atoms with Crippen LogP contribution in [-0.4, -0.2) is 36.4 Å². The topological polar surface area (TPSA) is 37.2 Å². The van der Waals surface area contributed by atoms with Crippen LogP contribution >= 0.6 is 12.2 Å². The van der Waals surface area contributed by atoms with Gasteiger partial charge in [-0.05, 0) is 19.1 Å². The monoisotopic (exact) mass is 173 g/mol. The van der Waals surface area contributed by atoms with Crippen LogP contribution in [0, 0.1) is 0 Å². The lowest BCUT2D eigenvalue weighted by Gasteiger charge is -2.16. The highest BCUT2D eigenvalue weighted by Gasteiger charge is 2.21. The molecular formula is C6H11N3OS. The van der Waals surface area contributed by atoms with E-state index in [2.05, 4.69) is 10.2 Å². The summed E-state index contributed by atoms with van der Waals surface area (Å²) in [5.41, 5.74) is 0. The minimum Gasteiger partial charge on any atom is -0.377 e. The lowest BCUT2D eigenvalue weighted by molar-refractivity contribution is 0.107. The molecule has 0 bridgehead atoms. The van der Waals surface area contributed by atoms with Crippen molar-refractivity contribution >= 4 is 17.3 Å². The lowest BCUT2D eigenvalue weighted by Crippen LogP contribution is -2.32. The van der Waals surface area contributed by atoms with Gasteiger partial charge in [0.15, 0.2) is 6.17 Å². The largest absolute Gasteiger partial charge is 0.377 e. The summed E-state index contributed by atoms with van der Waals surface area (Å²) in [6, 6.07) is 0. The summed E-state index contributed by atoms with van der Waals surface area (Å²) in [5, 5.41) is 8.21. The van der Waals surface area contributed by atoms with Gasteiger partial charge in [0.25, 0.3) is 0 Å². The number of likely N-dealkylation sites (N-methyl/N-ethyl adjacent to an activating group) is 1. The summed E-state index contributed by atoms with van der Waals surface area (Å²) in [4.78, 5) is 1.82. The highest BCUT2D eigenvalue weighted by Crippen LogP contribution is 2.10. The molecule has 4 nitrogen and oxygen atoms in total. The molecule has 5 heteroatoms. The minimum absolute atomic E-state index is 0.0116. The summed E-state index contributed by atoms with van der Waals surface area (Å²) >= 11 is 4.88. The van der Waals surface area contributed by atoms with E-state index < -0.39 is 0 Å². The Bertz CT molecular complexity index is 183. The summed E-state index contributed by atoms with van der Waals surface area (Å²) in [6.07, 6.45) is -0.0116. The third-order valence-corrected chi connectivity index (χ3v) is 1.87. The predicted molar refractivity (Wildman–Crippen MR) is 45.5 cm³/mol. The Morgan fingerprint density at radius 2 is 2.45 bits per heavy atom. The Morgan fingerprint density at radius 3 is 2.91 bits per heavy atom. The maximum absolute atomic E-state index is 5.18. The Morgan fingerprint density at radius 1 is 1.73 bits per heavy atom. The van der Waals surface area contributed by atoms with E-state index in [4.69, 9.17) is 17.0 Å². The summed E-state index contributed by atoms with van der Waals surface area (Å²) in [5.74, 6) is 0. The zero-order valence-corrected chi connectivity index (χ0v) is 7.47. The standard InChI is InChI=1S/C6H11N3OS/c1-3-10-4-5-7-8-6(11)9(5)2/h5H,3-4H2,1-2H3. The van der Waals surface area contributed by atoms with E-state index in [1.54, 1.807) is 0 Å². The molecule has 1 rings (SSSR count). The van der Waals surface area contributed by atoms with E-state index in [-0.39, 0.29) is 6.17 Å².